The van der Waals surface area contributed by atoms with Crippen LogP contribution in [0, 0.1) is 5.92 Å². The molecule has 25 heavy (non-hydrogen) atoms. The summed E-state index contributed by atoms with van der Waals surface area (Å²) in [5.74, 6) is 0.280. The van der Waals surface area contributed by atoms with E-state index in [1.165, 1.54) is 5.56 Å². The second-order valence-electron chi connectivity index (χ2n) is 8.45. The SMILES string of the molecule is CC(C)(C)c1ccc(C(=O)N2CCCC(C(=O)N3CCCC3)C2)cc1. The first-order chi connectivity index (χ1) is 11.9. The highest BCUT2D eigenvalue weighted by molar-refractivity contribution is 5.94. The van der Waals surface area contributed by atoms with Crippen molar-refractivity contribution in [3.63, 3.8) is 0 Å². The fraction of sp³-hybridized carbons (Fsp3) is 0.619. The number of benzene rings is 1. The van der Waals surface area contributed by atoms with Gasteiger partial charge in [-0.05, 0) is 48.8 Å². The van der Waals surface area contributed by atoms with Gasteiger partial charge in [0.1, 0.15) is 0 Å². The van der Waals surface area contributed by atoms with Crippen molar-refractivity contribution in [3.8, 4) is 0 Å². The van der Waals surface area contributed by atoms with Gasteiger partial charge in [0.15, 0.2) is 0 Å². The van der Waals surface area contributed by atoms with E-state index in [4.69, 9.17) is 0 Å². The van der Waals surface area contributed by atoms with Crippen molar-refractivity contribution in [2.24, 2.45) is 5.92 Å². The Bertz CT molecular complexity index is 624. The zero-order valence-corrected chi connectivity index (χ0v) is 15.8. The minimum atomic E-state index is -0.0235. The van der Waals surface area contributed by atoms with Crippen molar-refractivity contribution in [2.45, 2.75) is 51.9 Å². The Morgan fingerprint density at radius 2 is 1.52 bits per heavy atom. The number of hydrogen-bond donors (Lipinski definition) is 0. The minimum Gasteiger partial charge on any atom is -0.342 e. The lowest BCUT2D eigenvalue weighted by Crippen LogP contribution is -2.46. The van der Waals surface area contributed by atoms with Gasteiger partial charge in [-0.2, -0.15) is 0 Å². The molecular weight excluding hydrogens is 312 g/mol. The van der Waals surface area contributed by atoms with E-state index >= 15 is 0 Å². The van der Waals surface area contributed by atoms with E-state index in [9.17, 15) is 9.59 Å². The van der Waals surface area contributed by atoms with Gasteiger partial charge in [0.2, 0.25) is 5.91 Å². The van der Waals surface area contributed by atoms with Crippen molar-refractivity contribution >= 4 is 11.8 Å². The molecule has 4 nitrogen and oxygen atoms in total. The highest BCUT2D eigenvalue weighted by Gasteiger charge is 2.32. The highest BCUT2D eigenvalue weighted by Crippen LogP contribution is 2.25. The van der Waals surface area contributed by atoms with Crippen LogP contribution in [0.15, 0.2) is 24.3 Å². The van der Waals surface area contributed by atoms with Gasteiger partial charge in [-0.1, -0.05) is 32.9 Å². The molecule has 4 heteroatoms. The number of piperidine rings is 1. The zero-order chi connectivity index (χ0) is 18.0. The van der Waals surface area contributed by atoms with Crippen LogP contribution in [0.5, 0.6) is 0 Å². The Hall–Kier alpha value is -1.84. The van der Waals surface area contributed by atoms with E-state index in [1.54, 1.807) is 0 Å². The molecule has 2 amide bonds. The first-order valence-corrected chi connectivity index (χ1v) is 9.55. The Kier molecular flexibility index (Phi) is 5.16. The molecule has 136 valence electrons. The van der Waals surface area contributed by atoms with Gasteiger partial charge in [-0.15, -0.1) is 0 Å². The fourth-order valence-corrected chi connectivity index (χ4v) is 3.85. The molecule has 0 spiro atoms. The molecule has 0 saturated carbocycles. The molecule has 2 saturated heterocycles. The lowest BCUT2D eigenvalue weighted by Gasteiger charge is -2.34. The molecule has 2 aliphatic rings. The second-order valence-corrected chi connectivity index (χ2v) is 8.45. The maximum atomic E-state index is 12.9. The maximum Gasteiger partial charge on any atom is 0.253 e. The third kappa shape index (κ3) is 4.05. The first kappa shape index (κ1) is 18.0. The molecule has 0 aromatic heterocycles. The monoisotopic (exact) mass is 342 g/mol. The van der Waals surface area contributed by atoms with Gasteiger partial charge in [0.05, 0.1) is 5.92 Å². The average molecular weight is 342 g/mol. The van der Waals surface area contributed by atoms with Crippen molar-refractivity contribution in [1.29, 1.82) is 0 Å². The van der Waals surface area contributed by atoms with E-state index < -0.39 is 0 Å². The van der Waals surface area contributed by atoms with Crippen LogP contribution >= 0.6 is 0 Å². The van der Waals surface area contributed by atoms with Gasteiger partial charge in [-0.25, -0.2) is 0 Å². The zero-order valence-electron chi connectivity index (χ0n) is 15.8. The van der Waals surface area contributed by atoms with Crippen LogP contribution in [0.1, 0.15) is 62.4 Å². The van der Waals surface area contributed by atoms with Crippen LogP contribution in [0.2, 0.25) is 0 Å². The van der Waals surface area contributed by atoms with Crippen molar-refractivity contribution < 1.29 is 9.59 Å². The lowest BCUT2D eigenvalue weighted by atomic mass is 9.86. The Labute approximate surface area is 151 Å². The summed E-state index contributed by atoms with van der Waals surface area (Å²) in [6, 6.07) is 7.94. The van der Waals surface area contributed by atoms with E-state index in [0.29, 0.717) is 6.54 Å². The molecule has 1 aromatic carbocycles. The molecule has 0 N–H and O–H groups in total. The summed E-state index contributed by atoms with van der Waals surface area (Å²) in [5, 5.41) is 0. The summed E-state index contributed by atoms with van der Waals surface area (Å²) in [5.41, 5.74) is 2.03. The molecule has 0 radical (unpaired) electrons. The summed E-state index contributed by atoms with van der Waals surface area (Å²) in [4.78, 5) is 29.4. The van der Waals surface area contributed by atoms with Crippen molar-refractivity contribution in [2.75, 3.05) is 26.2 Å². The number of carbonyl (C=O) groups excluding carboxylic acids is 2. The van der Waals surface area contributed by atoms with Crippen LogP contribution in [-0.2, 0) is 10.2 Å². The molecule has 1 atom stereocenters. The molecule has 1 aromatic rings. The minimum absolute atomic E-state index is 0.0235. The first-order valence-electron chi connectivity index (χ1n) is 9.55. The third-order valence-electron chi connectivity index (χ3n) is 5.47. The van der Waals surface area contributed by atoms with Crippen molar-refractivity contribution in [1.82, 2.24) is 9.80 Å². The number of nitrogens with zero attached hydrogens (tertiary/aromatic N) is 2. The lowest BCUT2D eigenvalue weighted by molar-refractivity contribution is -0.135. The van der Waals surface area contributed by atoms with Crippen LogP contribution in [0.3, 0.4) is 0 Å². The molecule has 0 aliphatic carbocycles. The molecule has 3 rings (SSSR count). The smallest absolute Gasteiger partial charge is 0.253 e. The summed E-state index contributed by atoms with van der Waals surface area (Å²) in [6.07, 6.45) is 4.04. The molecule has 1 unspecified atom stereocenters. The summed E-state index contributed by atoms with van der Waals surface area (Å²) >= 11 is 0. The highest BCUT2D eigenvalue weighted by atomic mass is 16.2. The quantitative estimate of drug-likeness (QED) is 0.826. The molecule has 2 fully saturated rings. The van der Waals surface area contributed by atoms with Crippen LogP contribution < -0.4 is 0 Å². The van der Waals surface area contributed by atoms with E-state index in [0.717, 1.165) is 50.9 Å². The number of rotatable bonds is 2. The third-order valence-corrected chi connectivity index (χ3v) is 5.47. The Balaban J connectivity index is 1.66. The number of likely N-dealkylation sites (tertiary alicyclic amines) is 2. The summed E-state index contributed by atoms with van der Waals surface area (Å²) in [6.45, 7) is 9.60. The van der Waals surface area contributed by atoms with E-state index in [-0.39, 0.29) is 23.1 Å². The number of carbonyl (C=O) groups is 2. The van der Waals surface area contributed by atoms with Gasteiger partial charge < -0.3 is 9.80 Å². The van der Waals surface area contributed by atoms with Gasteiger partial charge in [-0.3, -0.25) is 9.59 Å². The Morgan fingerprint density at radius 1 is 0.920 bits per heavy atom. The van der Waals surface area contributed by atoms with E-state index in [2.05, 4.69) is 20.8 Å². The standard InChI is InChI=1S/C21H30N2O2/c1-21(2,3)18-10-8-16(9-11-18)19(24)23-14-6-7-17(15-23)20(25)22-12-4-5-13-22/h8-11,17H,4-7,12-15H2,1-3H3. The molecule has 2 heterocycles. The Morgan fingerprint density at radius 3 is 2.12 bits per heavy atom. The normalized spacial score (nSPS) is 21.5. The summed E-state index contributed by atoms with van der Waals surface area (Å²) < 4.78 is 0. The number of amides is 2. The van der Waals surface area contributed by atoms with Crippen LogP contribution in [0.25, 0.3) is 0 Å². The molecule has 0 bridgehead atoms. The van der Waals surface area contributed by atoms with Crippen LogP contribution in [-0.4, -0.2) is 47.8 Å². The fourth-order valence-electron chi connectivity index (χ4n) is 3.85. The van der Waals surface area contributed by atoms with Gasteiger partial charge in [0.25, 0.3) is 5.91 Å². The second kappa shape index (κ2) is 7.19. The topological polar surface area (TPSA) is 40.6 Å². The van der Waals surface area contributed by atoms with Gasteiger partial charge >= 0.3 is 0 Å². The van der Waals surface area contributed by atoms with Crippen LogP contribution in [0.4, 0.5) is 0 Å². The predicted molar refractivity (Wildman–Crippen MR) is 99.6 cm³/mol. The van der Waals surface area contributed by atoms with Gasteiger partial charge in [0, 0.05) is 31.7 Å². The summed E-state index contributed by atoms with van der Waals surface area (Å²) in [7, 11) is 0. The number of hydrogen-bond acceptors (Lipinski definition) is 2. The molecular formula is C21H30N2O2. The molecule has 2 aliphatic heterocycles. The average Bonchev–Trinajstić information content (AvgIpc) is 3.14. The van der Waals surface area contributed by atoms with Crippen molar-refractivity contribution in [3.05, 3.63) is 35.4 Å². The predicted octanol–water partition coefficient (Wildman–Crippen LogP) is 3.46. The largest absolute Gasteiger partial charge is 0.342 e. The van der Waals surface area contributed by atoms with E-state index in [1.807, 2.05) is 34.1 Å². The maximum absolute atomic E-state index is 12.9.